The van der Waals surface area contributed by atoms with Crippen LogP contribution in [0.2, 0.25) is 10.0 Å². The van der Waals surface area contributed by atoms with Gasteiger partial charge in [0, 0.05) is 36.2 Å². The lowest BCUT2D eigenvalue weighted by molar-refractivity contribution is -0.128. The van der Waals surface area contributed by atoms with Crippen LogP contribution in [0.1, 0.15) is 25.3 Å². The summed E-state index contributed by atoms with van der Waals surface area (Å²) >= 11 is 12.3. The number of carbonyl (C=O) groups excluding carboxylic acids is 1. The largest absolute Gasteiger partial charge is 0.357 e. The Morgan fingerprint density at radius 3 is 2.50 bits per heavy atom. The second-order valence-corrected chi connectivity index (χ2v) is 6.47. The highest BCUT2D eigenvalue weighted by Gasteiger charge is 2.17. The summed E-state index contributed by atoms with van der Waals surface area (Å²) in [4.78, 5) is 18.3. The second-order valence-electron chi connectivity index (χ2n) is 5.66. The number of hydrogen-bond acceptors (Lipinski definition) is 2. The predicted molar refractivity (Wildman–Crippen MR) is 100.0 cm³/mol. The Bertz CT molecular complexity index is 566. The lowest BCUT2D eigenvalue weighted by Crippen LogP contribution is -2.39. The van der Waals surface area contributed by atoms with Gasteiger partial charge in [-0.1, -0.05) is 29.3 Å². The van der Waals surface area contributed by atoms with E-state index < -0.39 is 0 Å². The summed E-state index contributed by atoms with van der Waals surface area (Å²) in [5.41, 5.74) is 0.914. The van der Waals surface area contributed by atoms with Crippen LogP contribution in [0.5, 0.6) is 0 Å². The van der Waals surface area contributed by atoms with Gasteiger partial charge in [0.25, 0.3) is 0 Å². The monoisotopic (exact) mass is 370 g/mol. The molecule has 0 radical (unpaired) electrons. The average Bonchev–Trinajstić information content (AvgIpc) is 3.09. The predicted octanol–water partition coefficient (Wildman–Crippen LogP) is 2.71. The third-order valence-corrected chi connectivity index (χ3v) is 4.61. The molecule has 1 aliphatic heterocycles. The molecule has 5 nitrogen and oxygen atoms in total. The van der Waals surface area contributed by atoms with Crippen molar-refractivity contribution in [1.82, 2.24) is 15.5 Å². The smallest absolute Gasteiger partial charge is 0.244 e. The number of nitrogens with one attached hydrogen (secondary N) is 2. The first-order valence-corrected chi connectivity index (χ1v) is 9.10. The number of rotatable bonds is 6. The highest BCUT2D eigenvalue weighted by molar-refractivity contribution is 6.36. The van der Waals surface area contributed by atoms with Crippen LogP contribution in [0.3, 0.4) is 0 Å². The normalized spacial score (nSPS) is 14.8. The minimum Gasteiger partial charge on any atom is -0.357 e. The van der Waals surface area contributed by atoms with Crippen molar-refractivity contribution in [3.05, 3.63) is 33.8 Å². The molecule has 1 heterocycles. The van der Waals surface area contributed by atoms with E-state index in [2.05, 4.69) is 15.6 Å². The Kier molecular flexibility index (Phi) is 7.66. The quantitative estimate of drug-likeness (QED) is 0.597. The van der Waals surface area contributed by atoms with E-state index in [0.29, 0.717) is 29.0 Å². The Balaban J connectivity index is 1.86. The number of nitrogens with zero attached hydrogens (tertiary/aromatic N) is 2. The fourth-order valence-electron chi connectivity index (χ4n) is 2.63. The standard InChI is InChI=1S/C17H24Cl2N4O/c1-2-20-17(22-12-16(24)23-10-3-4-11-23)21-9-8-13-14(18)6-5-7-15(13)19/h5-7H,2-4,8-12H2,1H3,(H2,20,21,22). The molecule has 0 atom stereocenters. The molecule has 0 unspecified atom stereocenters. The molecule has 1 fully saturated rings. The van der Waals surface area contributed by atoms with Gasteiger partial charge in [0.1, 0.15) is 6.54 Å². The Morgan fingerprint density at radius 2 is 1.88 bits per heavy atom. The molecule has 2 rings (SSSR count). The van der Waals surface area contributed by atoms with E-state index in [4.69, 9.17) is 23.2 Å². The summed E-state index contributed by atoms with van der Waals surface area (Å²) in [6, 6.07) is 5.49. The van der Waals surface area contributed by atoms with Crippen molar-refractivity contribution < 1.29 is 4.79 Å². The zero-order chi connectivity index (χ0) is 17.4. The fraction of sp³-hybridized carbons (Fsp3) is 0.529. The van der Waals surface area contributed by atoms with E-state index in [1.54, 1.807) is 0 Å². The number of halogens is 2. The van der Waals surface area contributed by atoms with Gasteiger partial charge in [0.2, 0.25) is 5.91 Å². The number of amides is 1. The van der Waals surface area contributed by atoms with Gasteiger partial charge in [-0.2, -0.15) is 0 Å². The van der Waals surface area contributed by atoms with E-state index in [1.165, 1.54) is 0 Å². The third kappa shape index (κ3) is 5.56. The van der Waals surface area contributed by atoms with Gasteiger partial charge < -0.3 is 15.5 Å². The van der Waals surface area contributed by atoms with E-state index in [-0.39, 0.29) is 12.5 Å². The van der Waals surface area contributed by atoms with Crippen LogP contribution in [0, 0.1) is 0 Å². The first-order chi connectivity index (χ1) is 11.6. The summed E-state index contributed by atoms with van der Waals surface area (Å²) in [7, 11) is 0. The van der Waals surface area contributed by atoms with Crippen LogP contribution in [0.25, 0.3) is 0 Å². The maximum Gasteiger partial charge on any atom is 0.244 e. The van der Waals surface area contributed by atoms with Crippen LogP contribution in [-0.2, 0) is 11.2 Å². The van der Waals surface area contributed by atoms with Crippen molar-refractivity contribution in [2.45, 2.75) is 26.2 Å². The van der Waals surface area contributed by atoms with Gasteiger partial charge in [-0.25, -0.2) is 4.99 Å². The first-order valence-electron chi connectivity index (χ1n) is 8.34. The maximum atomic E-state index is 12.1. The molecule has 1 saturated heterocycles. The Morgan fingerprint density at radius 1 is 1.21 bits per heavy atom. The molecule has 24 heavy (non-hydrogen) atoms. The van der Waals surface area contributed by atoms with Gasteiger partial charge >= 0.3 is 0 Å². The molecule has 0 aromatic heterocycles. The number of likely N-dealkylation sites (tertiary alicyclic amines) is 1. The summed E-state index contributed by atoms with van der Waals surface area (Å²) in [5, 5.41) is 7.69. The number of carbonyl (C=O) groups is 1. The van der Waals surface area contributed by atoms with Crippen LogP contribution >= 0.6 is 23.2 Å². The van der Waals surface area contributed by atoms with Crippen LogP contribution < -0.4 is 10.6 Å². The number of benzene rings is 1. The van der Waals surface area contributed by atoms with E-state index in [1.807, 2.05) is 30.0 Å². The molecule has 0 spiro atoms. The Labute approximate surface area is 153 Å². The van der Waals surface area contributed by atoms with Gasteiger partial charge in [-0.15, -0.1) is 0 Å². The van der Waals surface area contributed by atoms with Gasteiger partial charge in [0.15, 0.2) is 5.96 Å². The molecule has 132 valence electrons. The molecule has 1 amide bonds. The van der Waals surface area contributed by atoms with Gasteiger partial charge in [0.05, 0.1) is 0 Å². The average molecular weight is 371 g/mol. The van der Waals surface area contributed by atoms with Crippen molar-refractivity contribution in [2.24, 2.45) is 4.99 Å². The summed E-state index contributed by atoms with van der Waals surface area (Å²) in [6.45, 7) is 5.23. The highest BCUT2D eigenvalue weighted by Crippen LogP contribution is 2.24. The summed E-state index contributed by atoms with van der Waals surface area (Å²) in [6.07, 6.45) is 2.86. The van der Waals surface area contributed by atoms with Crippen molar-refractivity contribution in [3.8, 4) is 0 Å². The molecule has 0 saturated carbocycles. The number of hydrogen-bond donors (Lipinski definition) is 2. The Hall–Kier alpha value is -1.46. The first kappa shape index (κ1) is 18.9. The van der Waals surface area contributed by atoms with Gasteiger partial charge in [-0.05, 0) is 43.9 Å². The summed E-state index contributed by atoms with van der Waals surface area (Å²) < 4.78 is 0. The lowest BCUT2D eigenvalue weighted by Gasteiger charge is -2.15. The molecule has 7 heteroatoms. The number of guanidine groups is 1. The molecule has 1 aromatic carbocycles. The molecular weight excluding hydrogens is 347 g/mol. The topological polar surface area (TPSA) is 56.7 Å². The minimum atomic E-state index is 0.0823. The zero-order valence-electron chi connectivity index (χ0n) is 13.9. The van der Waals surface area contributed by atoms with Crippen molar-refractivity contribution in [1.29, 1.82) is 0 Å². The molecule has 0 bridgehead atoms. The number of aliphatic imine (C=N–C) groups is 1. The maximum absolute atomic E-state index is 12.1. The fourth-order valence-corrected chi connectivity index (χ4v) is 3.22. The van der Waals surface area contributed by atoms with Crippen LogP contribution in [0.15, 0.2) is 23.2 Å². The zero-order valence-corrected chi connectivity index (χ0v) is 15.5. The summed E-state index contributed by atoms with van der Waals surface area (Å²) in [5.74, 6) is 0.715. The lowest BCUT2D eigenvalue weighted by atomic mass is 10.1. The van der Waals surface area contributed by atoms with Crippen molar-refractivity contribution in [3.63, 3.8) is 0 Å². The highest BCUT2D eigenvalue weighted by atomic mass is 35.5. The van der Waals surface area contributed by atoms with E-state index in [0.717, 1.165) is 38.0 Å². The molecule has 1 aliphatic rings. The van der Waals surface area contributed by atoms with Crippen molar-refractivity contribution >= 4 is 35.1 Å². The third-order valence-electron chi connectivity index (χ3n) is 3.90. The molecule has 1 aromatic rings. The molecular formula is C17H24Cl2N4O. The molecule has 2 N–H and O–H groups in total. The van der Waals surface area contributed by atoms with E-state index >= 15 is 0 Å². The minimum absolute atomic E-state index is 0.0823. The SMILES string of the molecule is CCNC(=NCC(=O)N1CCCC1)NCCc1c(Cl)cccc1Cl. The van der Waals surface area contributed by atoms with Crippen molar-refractivity contribution in [2.75, 3.05) is 32.7 Å². The second kappa shape index (κ2) is 9.74. The molecule has 0 aliphatic carbocycles. The van der Waals surface area contributed by atoms with Crippen LogP contribution in [-0.4, -0.2) is 49.5 Å². The van der Waals surface area contributed by atoms with Crippen LogP contribution in [0.4, 0.5) is 0 Å². The van der Waals surface area contributed by atoms with Gasteiger partial charge in [-0.3, -0.25) is 4.79 Å². The van der Waals surface area contributed by atoms with E-state index in [9.17, 15) is 4.79 Å².